The summed E-state index contributed by atoms with van der Waals surface area (Å²) in [6, 6.07) is 17.1. The van der Waals surface area contributed by atoms with Crippen LogP contribution in [0, 0.1) is 6.92 Å². The van der Waals surface area contributed by atoms with Crippen molar-refractivity contribution in [1.82, 2.24) is 0 Å². The maximum atomic E-state index is 5.81. The molecule has 20 heavy (non-hydrogen) atoms. The van der Waals surface area contributed by atoms with Crippen molar-refractivity contribution in [3.05, 3.63) is 65.4 Å². The lowest BCUT2D eigenvalue weighted by atomic mass is 10.0. The lowest BCUT2D eigenvalue weighted by Crippen LogP contribution is -1.78. The first-order chi connectivity index (χ1) is 9.61. The van der Waals surface area contributed by atoms with Gasteiger partial charge in [0.1, 0.15) is 11.3 Å². The van der Waals surface area contributed by atoms with Crippen molar-refractivity contribution in [2.45, 2.75) is 20.8 Å². The number of rotatable bonds is 2. The van der Waals surface area contributed by atoms with Crippen LogP contribution in [-0.4, -0.2) is 0 Å². The molecule has 0 aliphatic heterocycles. The zero-order chi connectivity index (χ0) is 14.1. The highest BCUT2D eigenvalue weighted by Gasteiger charge is 2.04. The minimum absolute atomic E-state index is 0.918. The zero-order valence-corrected chi connectivity index (χ0v) is 12.1. The lowest BCUT2D eigenvalue weighted by molar-refractivity contribution is 0.604. The molecule has 0 amide bonds. The van der Waals surface area contributed by atoms with Crippen LogP contribution in [0.3, 0.4) is 0 Å². The number of hydrogen-bond donors (Lipinski definition) is 0. The Bertz CT molecular complexity index is 769. The minimum Gasteiger partial charge on any atom is -0.457 e. The largest absolute Gasteiger partial charge is 0.457 e. The highest BCUT2D eigenvalue weighted by Crippen LogP contribution is 2.27. The predicted octanol–water partition coefficient (Wildman–Crippen LogP) is 5.83. The van der Waals surface area contributed by atoms with Gasteiger partial charge >= 0.3 is 0 Å². The van der Waals surface area contributed by atoms with Gasteiger partial charge in [0.15, 0.2) is 0 Å². The highest BCUT2D eigenvalue weighted by molar-refractivity contribution is 5.85. The topological polar surface area (TPSA) is 13.1 Å². The predicted molar refractivity (Wildman–Crippen MR) is 85.7 cm³/mol. The van der Waals surface area contributed by atoms with E-state index in [0.717, 1.165) is 16.7 Å². The van der Waals surface area contributed by atoms with Crippen molar-refractivity contribution in [2.75, 3.05) is 0 Å². The molecule has 3 aromatic rings. The number of allylic oxidation sites excluding steroid dienone is 1. The summed E-state index contributed by atoms with van der Waals surface area (Å²) in [5.74, 6) is 0.918. The molecule has 2 aromatic carbocycles. The van der Waals surface area contributed by atoms with Gasteiger partial charge in [-0.1, -0.05) is 41.5 Å². The number of benzene rings is 2. The van der Waals surface area contributed by atoms with Crippen LogP contribution in [-0.2, 0) is 0 Å². The van der Waals surface area contributed by atoms with Gasteiger partial charge in [0.2, 0.25) is 0 Å². The molecule has 0 N–H and O–H groups in total. The van der Waals surface area contributed by atoms with Crippen molar-refractivity contribution >= 4 is 17.0 Å². The number of hydrogen-bond acceptors (Lipinski definition) is 1. The summed E-state index contributed by atoms with van der Waals surface area (Å²) >= 11 is 0. The first-order valence-corrected chi connectivity index (χ1v) is 6.87. The third-order valence-corrected chi connectivity index (χ3v) is 3.35. The van der Waals surface area contributed by atoms with E-state index in [-0.39, 0.29) is 0 Å². The molecule has 0 atom stereocenters. The Balaban J connectivity index is 2.06. The van der Waals surface area contributed by atoms with Crippen molar-refractivity contribution < 1.29 is 4.42 Å². The van der Waals surface area contributed by atoms with Crippen molar-refractivity contribution in [1.29, 1.82) is 0 Å². The van der Waals surface area contributed by atoms with Gasteiger partial charge < -0.3 is 4.42 Å². The molecule has 0 saturated carbocycles. The van der Waals surface area contributed by atoms with Crippen molar-refractivity contribution in [3.63, 3.8) is 0 Å². The van der Waals surface area contributed by atoms with Crippen molar-refractivity contribution in [2.24, 2.45) is 0 Å². The molecule has 0 aliphatic carbocycles. The molecule has 1 aromatic heterocycles. The second-order valence-electron chi connectivity index (χ2n) is 5.49. The summed E-state index contributed by atoms with van der Waals surface area (Å²) in [4.78, 5) is 0. The molecule has 1 nitrogen and oxygen atoms in total. The van der Waals surface area contributed by atoms with E-state index in [1.807, 2.05) is 6.07 Å². The van der Waals surface area contributed by atoms with Gasteiger partial charge in [0, 0.05) is 5.39 Å². The number of aryl methyl sites for hydroxylation is 1. The zero-order valence-electron chi connectivity index (χ0n) is 12.1. The fraction of sp³-hybridized carbons (Fsp3) is 0.158. The normalized spacial score (nSPS) is 10.8. The fourth-order valence-corrected chi connectivity index (χ4v) is 2.35. The summed E-state index contributed by atoms with van der Waals surface area (Å²) in [6.07, 6.45) is 2.06. The fourth-order valence-electron chi connectivity index (χ4n) is 2.35. The standard InChI is InChI=1S/C19H18O/c1-13(2)10-18-12-17-11-16(8-9-19(17)20-18)15-6-4-14(3)5-7-15/h4-12H,1-3H3. The molecule has 0 unspecified atom stereocenters. The maximum absolute atomic E-state index is 5.81. The third-order valence-electron chi connectivity index (χ3n) is 3.35. The molecule has 0 saturated heterocycles. The van der Waals surface area contributed by atoms with Gasteiger partial charge in [-0.15, -0.1) is 0 Å². The molecule has 0 spiro atoms. The van der Waals surface area contributed by atoms with Gasteiger partial charge in [0.05, 0.1) is 0 Å². The Hall–Kier alpha value is -2.28. The molecular weight excluding hydrogens is 244 g/mol. The second-order valence-corrected chi connectivity index (χ2v) is 5.49. The summed E-state index contributed by atoms with van der Waals surface area (Å²) in [5.41, 5.74) is 5.92. The molecule has 0 aliphatic rings. The van der Waals surface area contributed by atoms with E-state index in [2.05, 4.69) is 69.3 Å². The van der Waals surface area contributed by atoms with E-state index >= 15 is 0 Å². The number of furan rings is 1. The Morgan fingerprint density at radius 2 is 1.60 bits per heavy atom. The van der Waals surface area contributed by atoms with Gasteiger partial charge in [-0.3, -0.25) is 0 Å². The smallest absolute Gasteiger partial charge is 0.134 e. The van der Waals surface area contributed by atoms with E-state index in [1.54, 1.807) is 0 Å². The molecule has 1 heterocycles. The van der Waals surface area contributed by atoms with Crippen LogP contribution < -0.4 is 0 Å². The Morgan fingerprint density at radius 1 is 0.900 bits per heavy atom. The van der Waals surface area contributed by atoms with Crippen molar-refractivity contribution in [3.8, 4) is 11.1 Å². The van der Waals surface area contributed by atoms with Gasteiger partial charge in [0.25, 0.3) is 0 Å². The summed E-state index contributed by atoms with van der Waals surface area (Å²) in [6.45, 7) is 6.25. The molecule has 0 radical (unpaired) electrons. The van der Waals surface area contributed by atoms with E-state index in [4.69, 9.17) is 4.42 Å². The monoisotopic (exact) mass is 262 g/mol. The third kappa shape index (κ3) is 2.53. The second kappa shape index (κ2) is 5.01. The van der Waals surface area contributed by atoms with E-state index in [0.29, 0.717) is 0 Å². The Labute approximate surface area is 119 Å². The average molecular weight is 262 g/mol. The van der Waals surface area contributed by atoms with Crippen LogP contribution in [0.1, 0.15) is 25.2 Å². The molecule has 1 heteroatoms. The first-order valence-electron chi connectivity index (χ1n) is 6.87. The first kappa shape index (κ1) is 12.7. The van der Waals surface area contributed by atoms with Crippen LogP contribution in [0.4, 0.5) is 0 Å². The van der Waals surface area contributed by atoms with Gasteiger partial charge in [-0.2, -0.15) is 0 Å². The molecule has 100 valence electrons. The average Bonchev–Trinajstić information content (AvgIpc) is 2.79. The van der Waals surface area contributed by atoms with E-state index in [9.17, 15) is 0 Å². The van der Waals surface area contributed by atoms with Crippen LogP contribution in [0.25, 0.3) is 28.2 Å². The van der Waals surface area contributed by atoms with E-state index < -0.39 is 0 Å². The van der Waals surface area contributed by atoms with Crippen LogP contribution in [0.15, 0.2) is 58.5 Å². The van der Waals surface area contributed by atoms with Gasteiger partial charge in [-0.05, 0) is 56.2 Å². The molecule has 0 fully saturated rings. The Morgan fingerprint density at radius 3 is 2.30 bits per heavy atom. The van der Waals surface area contributed by atoms with Gasteiger partial charge in [-0.25, -0.2) is 0 Å². The molecular formula is C19H18O. The summed E-state index contributed by atoms with van der Waals surface area (Å²) in [5, 5.41) is 1.15. The van der Waals surface area contributed by atoms with Crippen LogP contribution in [0.5, 0.6) is 0 Å². The quantitative estimate of drug-likeness (QED) is 0.566. The SMILES string of the molecule is CC(C)=Cc1cc2cc(-c3ccc(C)cc3)ccc2o1. The Kier molecular flexibility index (Phi) is 3.19. The van der Waals surface area contributed by atoms with Crippen LogP contribution in [0.2, 0.25) is 0 Å². The highest BCUT2D eigenvalue weighted by atomic mass is 16.3. The van der Waals surface area contributed by atoms with E-state index in [1.165, 1.54) is 22.3 Å². The minimum atomic E-state index is 0.918. The summed E-state index contributed by atoms with van der Waals surface area (Å²) < 4.78 is 5.81. The number of fused-ring (bicyclic) bond motifs is 1. The maximum Gasteiger partial charge on any atom is 0.134 e. The lowest BCUT2D eigenvalue weighted by Gasteiger charge is -2.02. The molecule has 0 bridgehead atoms. The summed E-state index contributed by atoms with van der Waals surface area (Å²) in [7, 11) is 0. The molecule has 3 rings (SSSR count). The van der Waals surface area contributed by atoms with Crippen LogP contribution >= 0.6 is 0 Å².